The van der Waals surface area contributed by atoms with E-state index >= 15 is 0 Å². The summed E-state index contributed by atoms with van der Waals surface area (Å²) in [4.78, 5) is 5.84. The summed E-state index contributed by atoms with van der Waals surface area (Å²) in [5.74, 6) is -0.291. The second kappa shape index (κ2) is 8.25. The third-order valence-electron chi connectivity index (χ3n) is 6.34. The molecule has 4 atom stereocenters. The largest absolute Gasteiger partial charge is 0.507 e. The van der Waals surface area contributed by atoms with Gasteiger partial charge in [-0.05, 0) is 43.0 Å². The smallest absolute Gasteiger partial charge is 0.213 e. The molecule has 1 aromatic carbocycles. The summed E-state index contributed by atoms with van der Waals surface area (Å²) in [5, 5.41) is 23.2. The van der Waals surface area contributed by atoms with E-state index in [0.29, 0.717) is 34.0 Å². The number of methoxy groups -OCH3 is 1. The summed E-state index contributed by atoms with van der Waals surface area (Å²) in [6, 6.07) is 5.74. The SMILES string of the molecule is COc1cc(-c2cc(O)c(-c3nnc(N(C)C4CC5CCC(N5)C4F)s3)cc2F)ccn1. The van der Waals surface area contributed by atoms with Gasteiger partial charge in [0.05, 0.1) is 18.7 Å². The van der Waals surface area contributed by atoms with Crippen LogP contribution in [0.4, 0.5) is 13.9 Å². The first-order chi connectivity index (χ1) is 15.4. The molecule has 168 valence electrons. The molecule has 7 nitrogen and oxygen atoms in total. The number of nitrogens with zero attached hydrogens (tertiary/aromatic N) is 4. The number of phenols is 1. The Kier molecular flexibility index (Phi) is 5.42. The molecular formula is C22H23F2N5O2S. The summed E-state index contributed by atoms with van der Waals surface area (Å²) in [6.07, 6.45) is 3.05. The number of benzene rings is 1. The molecule has 2 aromatic heterocycles. The van der Waals surface area contributed by atoms with E-state index in [1.165, 1.54) is 36.8 Å². The van der Waals surface area contributed by atoms with E-state index in [9.17, 15) is 13.9 Å². The van der Waals surface area contributed by atoms with Gasteiger partial charge in [0.1, 0.15) is 17.7 Å². The highest BCUT2D eigenvalue weighted by molar-refractivity contribution is 7.18. The van der Waals surface area contributed by atoms with Gasteiger partial charge in [-0.3, -0.25) is 0 Å². The minimum absolute atomic E-state index is 0.119. The zero-order valence-corrected chi connectivity index (χ0v) is 18.4. The van der Waals surface area contributed by atoms with Gasteiger partial charge in [0, 0.05) is 37.0 Å². The standard InChI is InChI=1S/C22H23F2N5O2S/c1-29(17-8-12-3-4-16(26-12)20(17)24)22-28-27-21(32-22)14-9-15(23)13(10-18(14)30)11-5-6-25-19(7-11)31-2/h5-7,9-10,12,16-17,20,26,30H,3-4,8H2,1-2H3. The number of aromatic hydroxyl groups is 1. The molecule has 0 radical (unpaired) electrons. The van der Waals surface area contributed by atoms with Gasteiger partial charge in [-0.2, -0.15) is 0 Å². The molecule has 2 aliphatic heterocycles. The van der Waals surface area contributed by atoms with Crippen LogP contribution in [-0.2, 0) is 0 Å². The number of aromatic nitrogens is 3. The van der Waals surface area contributed by atoms with Crippen molar-refractivity contribution in [1.82, 2.24) is 20.5 Å². The number of pyridine rings is 1. The Balaban J connectivity index is 1.42. The number of nitrogens with one attached hydrogen (secondary N) is 1. The van der Waals surface area contributed by atoms with Crippen LogP contribution < -0.4 is 15.0 Å². The quantitative estimate of drug-likeness (QED) is 0.601. The Hall–Kier alpha value is -2.85. The van der Waals surface area contributed by atoms with Crippen molar-refractivity contribution >= 4 is 16.5 Å². The van der Waals surface area contributed by atoms with E-state index in [-0.39, 0.29) is 29.0 Å². The summed E-state index contributed by atoms with van der Waals surface area (Å²) in [6.45, 7) is 0. The molecule has 2 saturated heterocycles. The molecule has 2 fully saturated rings. The molecule has 32 heavy (non-hydrogen) atoms. The lowest BCUT2D eigenvalue weighted by Gasteiger charge is -2.38. The van der Waals surface area contributed by atoms with Crippen LogP contribution >= 0.6 is 11.3 Å². The Morgan fingerprint density at radius 2 is 2.06 bits per heavy atom. The normalized spacial score (nSPS) is 24.5. The molecule has 5 rings (SSSR count). The van der Waals surface area contributed by atoms with Crippen molar-refractivity contribution in [1.29, 1.82) is 0 Å². The topological polar surface area (TPSA) is 83.4 Å². The van der Waals surface area contributed by atoms with Crippen molar-refractivity contribution < 1.29 is 18.6 Å². The van der Waals surface area contributed by atoms with Crippen LogP contribution in [0.3, 0.4) is 0 Å². The number of alkyl halides is 1. The van der Waals surface area contributed by atoms with Crippen LogP contribution in [0.25, 0.3) is 21.7 Å². The summed E-state index contributed by atoms with van der Waals surface area (Å²) in [5.41, 5.74) is 0.995. The van der Waals surface area contributed by atoms with E-state index in [0.717, 1.165) is 12.8 Å². The van der Waals surface area contributed by atoms with Crippen LogP contribution in [0.5, 0.6) is 11.6 Å². The number of fused-ring (bicyclic) bond motifs is 2. The van der Waals surface area contributed by atoms with E-state index in [4.69, 9.17) is 4.74 Å². The maximum atomic E-state index is 15.0. The average molecular weight is 460 g/mol. The van der Waals surface area contributed by atoms with Crippen molar-refractivity contribution in [3.63, 3.8) is 0 Å². The number of halogens is 2. The molecular weight excluding hydrogens is 436 g/mol. The molecule has 0 aliphatic carbocycles. The zero-order chi connectivity index (χ0) is 22.4. The van der Waals surface area contributed by atoms with Crippen molar-refractivity contribution in [2.45, 2.75) is 43.6 Å². The lowest BCUT2D eigenvalue weighted by atomic mass is 9.97. The predicted molar refractivity (Wildman–Crippen MR) is 118 cm³/mol. The van der Waals surface area contributed by atoms with Gasteiger partial charge >= 0.3 is 0 Å². The average Bonchev–Trinajstić information content (AvgIpc) is 3.45. The Morgan fingerprint density at radius 1 is 1.22 bits per heavy atom. The van der Waals surface area contributed by atoms with Crippen molar-refractivity contribution in [2.75, 3.05) is 19.1 Å². The van der Waals surface area contributed by atoms with Crippen LogP contribution in [0, 0.1) is 5.82 Å². The molecule has 4 heterocycles. The van der Waals surface area contributed by atoms with E-state index in [1.54, 1.807) is 12.1 Å². The van der Waals surface area contributed by atoms with E-state index in [1.807, 2.05) is 11.9 Å². The highest BCUT2D eigenvalue weighted by atomic mass is 32.1. The predicted octanol–water partition coefficient (Wildman–Crippen LogP) is 3.79. The van der Waals surface area contributed by atoms with Gasteiger partial charge in [0.2, 0.25) is 11.0 Å². The first-order valence-electron chi connectivity index (χ1n) is 10.4. The Bertz CT molecular complexity index is 1140. The maximum Gasteiger partial charge on any atom is 0.213 e. The third kappa shape index (κ3) is 3.67. The van der Waals surface area contributed by atoms with Gasteiger partial charge in [-0.15, -0.1) is 10.2 Å². The highest BCUT2D eigenvalue weighted by Crippen LogP contribution is 2.40. The number of rotatable bonds is 5. The lowest BCUT2D eigenvalue weighted by Crippen LogP contribution is -2.55. The van der Waals surface area contributed by atoms with Crippen LogP contribution in [0.1, 0.15) is 19.3 Å². The van der Waals surface area contributed by atoms with E-state index in [2.05, 4.69) is 20.5 Å². The fraction of sp³-hybridized carbons (Fsp3) is 0.409. The molecule has 10 heteroatoms. The summed E-state index contributed by atoms with van der Waals surface area (Å²) < 4.78 is 35.0. The van der Waals surface area contributed by atoms with Crippen LogP contribution in [-0.4, -0.2) is 58.7 Å². The second-order valence-corrected chi connectivity index (χ2v) is 9.19. The summed E-state index contributed by atoms with van der Waals surface area (Å²) >= 11 is 1.20. The summed E-state index contributed by atoms with van der Waals surface area (Å²) in [7, 11) is 3.29. The molecule has 2 aliphatic rings. The molecule has 2 bridgehead atoms. The molecule has 3 aromatic rings. The molecule has 4 unspecified atom stereocenters. The minimum atomic E-state index is -0.992. The highest BCUT2D eigenvalue weighted by Gasteiger charge is 2.44. The lowest BCUT2D eigenvalue weighted by molar-refractivity contribution is 0.176. The minimum Gasteiger partial charge on any atom is -0.507 e. The fourth-order valence-electron chi connectivity index (χ4n) is 4.60. The Labute approximate surface area is 188 Å². The van der Waals surface area contributed by atoms with Gasteiger partial charge in [0.25, 0.3) is 0 Å². The van der Waals surface area contributed by atoms with Crippen molar-refractivity contribution in [2.24, 2.45) is 0 Å². The maximum absolute atomic E-state index is 15.0. The molecule has 0 saturated carbocycles. The fourth-order valence-corrected chi connectivity index (χ4v) is 5.49. The number of hydrogen-bond acceptors (Lipinski definition) is 8. The number of ether oxygens (including phenoxy) is 1. The van der Waals surface area contributed by atoms with Gasteiger partial charge in [-0.1, -0.05) is 11.3 Å². The number of piperidine rings is 1. The van der Waals surface area contributed by atoms with Gasteiger partial charge in [0.15, 0.2) is 5.01 Å². The van der Waals surface area contributed by atoms with Crippen LogP contribution in [0.15, 0.2) is 30.5 Å². The zero-order valence-electron chi connectivity index (χ0n) is 17.6. The monoisotopic (exact) mass is 459 g/mol. The third-order valence-corrected chi connectivity index (χ3v) is 7.39. The Morgan fingerprint density at radius 3 is 2.88 bits per heavy atom. The van der Waals surface area contributed by atoms with Crippen molar-refractivity contribution in [3.8, 4) is 33.3 Å². The first-order valence-corrected chi connectivity index (χ1v) is 11.3. The number of anilines is 1. The molecule has 2 N–H and O–H groups in total. The van der Waals surface area contributed by atoms with Crippen molar-refractivity contribution in [3.05, 3.63) is 36.3 Å². The van der Waals surface area contributed by atoms with E-state index < -0.39 is 12.0 Å². The van der Waals surface area contributed by atoms with Crippen LogP contribution in [0.2, 0.25) is 0 Å². The number of phenolic OH excluding ortho intramolecular Hbond substituents is 1. The molecule has 0 amide bonds. The van der Waals surface area contributed by atoms with Gasteiger partial charge < -0.3 is 20.1 Å². The molecule has 0 spiro atoms. The second-order valence-electron chi connectivity index (χ2n) is 8.23. The van der Waals surface area contributed by atoms with Gasteiger partial charge in [-0.25, -0.2) is 13.8 Å². The first kappa shape index (κ1) is 21.0. The number of hydrogen-bond donors (Lipinski definition) is 2.